The highest BCUT2D eigenvalue weighted by molar-refractivity contribution is 5.82. The van der Waals surface area contributed by atoms with Gasteiger partial charge in [0.2, 0.25) is 0 Å². The van der Waals surface area contributed by atoms with Crippen molar-refractivity contribution in [2.75, 3.05) is 28.4 Å². The summed E-state index contributed by atoms with van der Waals surface area (Å²) in [7, 11) is 6.24. The van der Waals surface area contributed by atoms with E-state index in [0.29, 0.717) is 23.0 Å². The standard InChI is InChI=1S/C34H34O8/c1-37-29-15-13-23(17-31(29)39-3)21-41-33(35)19-25-9-5-7-11-27(25)28-12-8-6-10-26(28)20-34(36)42-22-24-14-16-30(38-2)32(18-24)40-4/h5-18H,19-22H2,1-4H3. The molecule has 0 amide bonds. The predicted molar refractivity (Wildman–Crippen MR) is 158 cm³/mol. The lowest BCUT2D eigenvalue weighted by atomic mass is 9.93. The van der Waals surface area contributed by atoms with Gasteiger partial charge in [-0.1, -0.05) is 60.7 Å². The normalized spacial score (nSPS) is 10.5. The molecule has 0 aromatic heterocycles. The van der Waals surface area contributed by atoms with E-state index >= 15 is 0 Å². The Balaban J connectivity index is 1.42. The van der Waals surface area contributed by atoms with Crippen LogP contribution in [0.15, 0.2) is 84.9 Å². The fourth-order valence-electron chi connectivity index (χ4n) is 4.56. The number of carbonyl (C=O) groups is 2. The largest absolute Gasteiger partial charge is 0.493 e. The first-order valence-corrected chi connectivity index (χ1v) is 13.3. The van der Waals surface area contributed by atoms with Gasteiger partial charge in [-0.25, -0.2) is 0 Å². The molecule has 8 nitrogen and oxygen atoms in total. The van der Waals surface area contributed by atoms with Crippen molar-refractivity contribution in [3.8, 4) is 34.1 Å². The van der Waals surface area contributed by atoms with E-state index in [1.165, 1.54) is 0 Å². The molecule has 4 aromatic rings. The number of hydrogen-bond acceptors (Lipinski definition) is 8. The SMILES string of the molecule is COc1ccc(COC(=O)Cc2ccccc2-c2ccccc2CC(=O)OCc2ccc(OC)c(OC)c2)cc1OC. The van der Waals surface area contributed by atoms with Gasteiger partial charge in [-0.3, -0.25) is 9.59 Å². The van der Waals surface area contributed by atoms with Crippen LogP contribution in [-0.2, 0) is 45.1 Å². The van der Waals surface area contributed by atoms with Crippen LogP contribution in [0.4, 0.5) is 0 Å². The molecule has 4 rings (SSSR count). The smallest absolute Gasteiger partial charge is 0.310 e. The van der Waals surface area contributed by atoms with E-state index in [2.05, 4.69) is 0 Å². The maximum absolute atomic E-state index is 12.8. The first-order chi connectivity index (χ1) is 20.4. The molecule has 0 spiro atoms. The highest BCUT2D eigenvalue weighted by Gasteiger charge is 2.16. The Labute approximate surface area is 245 Å². The molecule has 42 heavy (non-hydrogen) atoms. The van der Waals surface area contributed by atoms with Gasteiger partial charge >= 0.3 is 11.9 Å². The van der Waals surface area contributed by atoms with Gasteiger partial charge in [0.25, 0.3) is 0 Å². The zero-order valence-corrected chi connectivity index (χ0v) is 24.2. The highest BCUT2D eigenvalue weighted by atomic mass is 16.5. The van der Waals surface area contributed by atoms with E-state index in [9.17, 15) is 9.59 Å². The summed E-state index contributed by atoms with van der Waals surface area (Å²) in [6.07, 6.45) is 0.142. The molecule has 0 unspecified atom stereocenters. The van der Waals surface area contributed by atoms with Gasteiger partial charge in [0.15, 0.2) is 23.0 Å². The van der Waals surface area contributed by atoms with Crippen LogP contribution in [0.1, 0.15) is 22.3 Å². The third-order valence-corrected chi connectivity index (χ3v) is 6.69. The second-order valence-electron chi connectivity index (χ2n) is 9.37. The molecule has 0 bridgehead atoms. The van der Waals surface area contributed by atoms with Crippen LogP contribution >= 0.6 is 0 Å². The molecule has 0 N–H and O–H groups in total. The molecule has 0 aliphatic rings. The molecule has 0 atom stereocenters. The van der Waals surface area contributed by atoms with Gasteiger partial charge in [-0.15, -0.1) is 0 Å². The Kier molecular flexibility index (Phi) is 10.4. The monoisotopic (exact) mass is 570 g/mol. The quantitative estimate of drug-likeness (QED) is 0.182. The zero-order chi connectivity index (χ0) is 29.9. The van der Waals surface area contributed by atoms with E-state index in [1.807, 2.05) is 60.7 Å². The third-order valence-electron chi connectivity index (χ3n) is 6.69. The molecule has 8 heteroatoms. The molecule has 218 valence electrons. The number of hydrogen-bond donors (Lipinski definition) is 0. The summed E-state index contributed by atoms with van der Waals surface area (Å²) in [5, 5.41) is 0. The van der Waals surface area contributed by atoms with Gasteiger partial charge in [-0.2, -0.15) is 0 Å². The lowest BCUT2D eigenvalue weighted by Gasteiger charge is -2.14. The molecule has 0 fully saturated rings. The third kappa shape index (κ3) is 7.60. The Morgan fingerprint density at radius 2 is 0.881 bits per heavy atom. The predicted octanol–water partition coefficient (Wildman–Crippen LogP) is 5.96. The molecular formula is C34H34O8. The summed E-state index contributed by atoms with van der Waals surface area (Å²) in [5.74, 6) is 1.59. The highest BCUT2D eigenvalue weighted by Crippen LogP contribution is 2.31. The number of ether oxygens (including phenoxy) is 6. The van der Waals surface area contributed by atoms with Crippen molar-refractivity contribution >= 4 is 11.9 Å². The van der Waals surface area contributed by atoms with Crippen LogP contribution in [0.2, 0.25) is 0 Å². The maximum atomic E-state index is 12.8. The van der Waals surface area contributed by atoms with E-state index < -0.39 is 0 Å². The van der Waals surface area contributed by atoms with Gasteiger partial charge < -0.3 is 28.4 Å². The average molecular weight is 571 g/mol. The first-order valence-electron chi connectivity index (χ1n) is 13.3. The summed E-state index contributed by atoms with van der Waals surface area (Å²) in [4.78, 5) is 25.7. The Morgan fingerprint density at radius 3 is 1.26 bits per heavy atom. The molecular weight excluding hydrogens is 536 g/mol. The number of esters is 2. The molecule has 0 heterocycles. The fraction of sp³-hybridized carbons (Fsp3) is 0.235. The van der Waals surface area contributed by atoms with Crippen LogP contribution in [0.25, 0.3) is 11.1 Å². The molecule has 4 aromatic carbocycles. The number of rotatable bonds is 13. The molecule has 0 saturated carbocycles. The summed E-state index contributed by atoms with van der Waals surface area (Å²) in [6, 6.07) is 25.9. The minimum absolute atomic E-state index is 0.0710. The van der Waals surface area contributed by atoms with E-state index in [0.717, 1.165) is 33.4 Å². The summed E-state index contributed by atoms with van der Waals surface area (Å²) in [5.41, 5.74) is 4.85. The summed E-state index contributed by atoms with van der Waals surface area (Å²) in [6.45, 7) is 0.202. The first kappa shape index (κ1) is 30.0. The average Bonchev–Trinajstić information content (AvgIpc) is 3.03. The minimum Gasteiger partial charge on any atom is -0.493 e. The van der Waals surface area contributed by atoms with Crippen molar-refractivity contribution < 1.29 is 38.0 Å². The molecule has 0 radical (unpaired) electrons. The van der Waals surface area contributed by atoms with Crippen molar-refractivity contribution in [1.29, 1.82) is 0 Å². The number of carbonyl (C=O) groups excluding carboxylic acids is 2. The van der Waals surface area contributed by atoms with Gasteiger partial charge in [0.1, 0.15) is 13.2 Å². The van der Waals surface area contributed by atoms with Crippen molar-refractivity contribution in [2.24, 2.45) is 0 Å². The molecule has 0 aliphatic carbocycles. The second-order valence-corrected chi connectivity index (χ2v) is 9.37. The van der Waals surface area contributed by atoms with Crippen molar-refractivity contribution in [3.63, 3.8) is 0 Å². The van der Waals surface area contributed by atoms with Crippen LogP contribution in [-0.4, -0.2) is 40.4 Å². The Morgan fingerprint density at radius 1 is 0.500 bits per heavy atom. The minimum atomic E-state index is -0.371. The lowest BCUT2D eigenvalue weighted by molar-refractivity contribution is -0.145. The molecule has 0 saturated heterocycles. The zero-order valence-electron chi connectivity index (χ0n) is 24.2. The van der Waals surface area contributed by atoms with Crippen molar-refractivity contribution in [1.82, 2.24) is 0 Å². The van der Waals surface area contributed by atoms with Gasteiger partial charge in [0, 0.05) is 0 Å². The van der Waals surface area contributed by atoms with E-state index in [-0.39, 0.29) is 38.0 Å². The number of methoxy groups -OCH3 is 4. The summed E-state index contributed by atoms with van der Waals surface area (Å²) >= 11 is 0. The van der Waals surface area contributed by atoms with E-state index in [1.54, 1.807) is 52.7 Å². The van der Waals surface area contributed by atoms with Crippen LogP contribution < -0.4 is 18.9 Å². The lowest BCUT2D eigenvalue weighted by Crippen LogP contribution is -2.11. The van der Waals surface area contributed by atoms with Crippen LogP contribution in [0.3, 0.4) is 0 Å². The van der Waals surface area contributed by atoms with Crippen molar-refractivity contribution in [2.45, 2.75) is 26.1 Å². The van der Waals surface area contributed by atoms with Crippen LogP contribution in [0, 0.1) is 0 Å². The fourth-order valence-corrected chi connectivity index (χ4v) is 4.56. The Bertz CT molecular complexity index is 1410. The summed E-state index contributed by atoms with van der Waals surface area (Å²) < 4.78 is 32.3. The van der Waals surface area contributed by atoms with Gasteiger partial charge in [-0.05, 0) is 57.6 Å². The van der Waals surface area contributed by atoms with E-state index in [4.69, 9.17) is 28.4 Å². The number of benzene rings is 4. The van der Waals surface area contributed by atoms with Crippen LogP contribution in [0.5, 0.6) is 23.0 Å². The van der Waals surface area contributed by atoms with Crippen molar-refractivity contribution in [3.05, 3.63) is 107 Å². The maximum Gasteiger partial charge on any atom is 0.310 e. The topological polar surface area (TPSA) is 89.5 Å². The molecule has 0 aliphatic heterocycles. The Hall–Kier alpha value is -4.98. The van der Waals surface area contributed by atoms with Gasteiger partial charge in [0.05, 0.1) is 41.3 Å². The second kappa shape index (κ2) is 14.6.